The van der Waals surface area contributed by atoms with Gasteiger partial charge >= 0.3 is 5.97 Å². The Bertz CT molecular complexity index is 437. The molecule has 0 radical (unpaired) electrons. The number of carbonyl (C=O) groups excluding carboxylic acids is 2. The fourth-order valence-electron chi connectivity index (χ4n) is 2.79. The fourth-order valence-corrected chi connectivity index (χ4v) is 3.09. The van der Waals surface area contributed by atoms with Gasteiger partial charge in [-0.3, -0.25) is 9.59 Å². The molecule has 2 aliphatic rings. The molecule has 0 saturated carbocycles. The van der Waals surface area contributed by atoms with Gasteiger partial charge in [-0.15, -0.1) is 0 Å². The van der Waals surface area contributed by atoms with Crippen LogP contribution < -0.4 is 0 Å². The molecular formula is C15H21ClO5. The number of ether oxygens (including phenoxy) is 3. The average molecular weight is 317 g/mol. The zero-order valence-electron chi connectivity index (χ0n) is 12.3. The highest BCUT2D eigenvalue weighted by atomic mass is 35.5. The van der Waals surface area contributed by atoms with Crippen molar-refractivity contribution in [2.24, 2.45) is 0 Å². The summed E-state index contributed by atoms with van der Waals surface area (Å²) in [6, 6.07) is 0. The van der Waals surface area contributed by atoms with Gasteiger partial charge in [0.2, 0.25) is 0 Å². The van der Waals surface area contributed by atoms with Crippen LogP contribution in [0.3, 0.4) is 0 Å². The Kier molecular flexibility index (Phi) is 5.79. The minimum absolute atomic E-state index is 0.0979. The summed E-state index contributed by atoms with van der Waals surface area (Å²) in [6.07, 6.45) is 4.98. The number of esters is 1. The first-order chi connectivity index (χ1) is 10.1. The molecule has 0 aromatic heterocycles. The molecule has 6 heteroatoms. The van der Waals surface area contributed by atoms with Crippen molar-refractivity contribution in [3.63, 3.8) is 0 Å². The predicted octanol–water partition coefficient (Wildman–Crippen LogP) is 2.71. The summed E-state index contributed by atoms with van der Waals surface area (Å²) in [5.41, 5.74) is 0.791. The third-order valence-electron chi connectivity index (χ3n) is 3.90. The van der Waals surface area contributed by atoms with Gasteiger partial charge in [0, 0.05) is 12.0 Å². The van der Waals surface area contributed by atoms with Gasteiger partial charge in [0.05, 0.1) is 31.8 Å². The Balaban J connectivity index is 1.76. The van der Waals surface area contributed by atoms with E-state index in [1.807, 2.05) is 0 Å². The van der Waals surface area contributed by atoms with E-state index in [4.69, 9.17) is 21.1 Å². The maximum Gasteiger partial charge on any atom is 0.305 e. The van der Waals surface area contributed by atoms with Gasteiger partial charge in [0.15, 0.2) is 11.6 Å². The van der Waals surface area contributed by atoms with E-state index in [1.165, 1.54) is 7.11 Å². The number of hydrogen-bond donors (Lipinski definition) is 0. The zero-order chi connectivity index (χ0) is 15.3. The average Bonchev–Trinajstić information content (AvgIpc) is 3.02. The summed E-state index contributed by atoms with van der Waals surface area (Å²) in [5.74, 6) is -1.16. The van der Waals surface area contributed by atoms with E-state index in [1.54, 1.807) is 0 Å². The van der Waals surface area contributed by atoms with Crippen molar-refractivity contribution in [2.75, 3.05) is 20.3 Å². The van der Waals surface area contributed by atoms with Crippen LogP contribution in [-0.4, -0.2) is 37.9 Å². The Hall–Kier alpha value is -0.910. The molecule has 5 nitrogen and oxygen atoms in total. The molecule has 118 valence electrons. The first kappa shape index (κ1) is 16.5. The number of unbranched alkanes of at least 4 members (excludes halogenated alkanes) is 3. The second-order valence-corrected chi connectivity index (χ2v) is 5.71. The van der Waals surface area contributed by atoms with Crippen molar-refractivity contribution in [2.45, 2.75) is 50.7 Å². The number of ketones is 1. The lowest BCUT2D eigenvalue weighted by molar-refractivity contribution is -0.141. The van der Waals surface area contributed by atoms with Gasteiger partial charge in [-0.25, -0.2) is 0 Å². The molecule has 0 N–H and O–H groups in total. The predicted molar refractivity (Wildman–Crippen MR) is 76.9 cm³/mol. The number of hydrogen-bond acceptors (Lipinski definition) is 5. The van der Waals surface area contributed by atoms with E-state index in [9.17, 15) is 9.59 Å². The van der Waals surface area contributed by atoms with Crippen molar-refractivity contribution in [3.05, 3.63) is 10.6 Å². The number of Topliss-reactive ketones (excluding diaryl/α,β-unsaturated/α-hetero) is 1. The molecule has 1 aliphatic carbocycles. The molecular weight excluding hydrogens is 296 g/mol. The molecule has 1 aliphatic heterocycles. The number of rotatable bonds is 7. The molecule has 21 heavy (non-hydrogen) atoms. The summed E-state index contributed by atoms with van der Waals surface area (Å²) in [4.78, 5) is 22.8. The standard InChI is InChI=1S/C15H21ClO5/c1-19-13(18)7-5-3-2-4-6-11-14(16)12(17)10-15(11)20-8-9-21-15/h2-10H2,1H3. The van der Waals surface area contributed by atoms with E-state index >= 15 is 0 Å². The zero-order valence-corrected chi connectivity index (χ0v) is 13.0. The minimum Gasteiger partial charge on any atom is -0.469 e. The number of carbonyl (C=O) groups is 2. The highest BCUT2D eigenvalue weighted by Gasteiger charge is 2.49. The summed E-state index contributed by atoms with van der Waals surface area (Å²) in [7, 11) is 1.40. The van der Waals surface area contributed by atoms with E-state index in [0.29, 0.717) is 26.1 Å². The van der Waals surface area contributed by atoms with Crippen LogP contribution in [-0.2, 0) is 23.8 Å². The molecule has 1 heterocycles. The lowest BCUT2D eigenvalue weighted by Crippen LogP contribution is -2.30. The van der Waals surface area contributed by atoms with Crippen molar-refractivity contribution in [1.82, 2.24) is 0 Å². The monoisotopic (exact) mass is 316 g/mol. The van der Waals surface area contributed by atoms with Gasteiger partial charge in [0.25, 0.3) is 0 Å². The topological polar surface area (TPSA) is 61.8 Å². The largest absolute Gasteiger partial charge is 0.469 e. The Labute approximate surface area is 129 Å². The van der Waals surface area contributed by atoms with Gasteiger partial charge < -0.3 is 14.2 Å². The van der Waals surface area contributed by atoms with Crippen molar-refractivity contribution in [3.8, 4) is 0 Å². The molecule has 0 bridgehead atoms. The second-order valence-electron chi connectivity index (χ2n) is 5.33. The number of halogens is 1. The summed E-state index contributed by atoms with van der Waals surface area (Å²) in [6.45, 7) is 1.00. The molecule has 2 rings (SSSR count). The normalized spacial score (nSPS) is 20.6. The quantitative estimate of drug-likeness (QED) is 0.534. The van der Waals surface area contributed by atoms with E-state index in [2.05, 4.69) is 4.74 Å². The lowest BCUT2D eigenvalue weighted by Gasteiger charge is -2.24. The Morgan fingerprint density at radius 1 is 1.24 bits per heavy atom. The second kappa shape index (κ2) is 7.38. The summed E-state index contributed by atoms with van der Waals surface area (Å²) < 4.78 is 15.9. The first-order valence-electron chi connectivity index (χ1n) is 7.36. The van der Waals surface area contributed by atoms with Gasteiger partial charge in [-0.1, -0.05) is 24.4 Å². The Morgan fingerprint density at radius 2 is 1.90 bits per heavy atom. The molecule has 1 fully saturated rings. The molecule has 0 unspecified atom stereocenters. The highest BCUT2D eigenvalue weighted by molar-refractivity contribution is 6.44. The minimum atomic E-state index is -0.889. The smallest absolute Gasteiger partial charge is 0.305 e. The van der Waals surface area contributed by atoms with Gasteiger partial charge in [-0.05, 0) is 19.3 Å². The van der Waals surface area contributed by atoms with Crippen LogP contribution in [0.25, 0.3) is 0 Å². The van der Waals surface area contributed by atoms with Crippen LogP contribution >= 0.6 is 11.6 Å². The highest BCUT2D eigenvalue weighted by Crippen LogP contribution is 2.43. The van der Waals surface area contributed by atoms with Crippen molar-refractivity contribution >= 4 is 23.4 Å². The molecule has 0 atom stereocenters. The molecule has 0 aromatic carbocycles. The van der Waals surface area contributed by atoms with E-state index < -0.39 is 5.79 Å². The van der Waals surface area contributed by atoms with E-state index in [-0.39, 0.29) is 23.2 Å². The Morgan fingerprint density at radius 3 is 2.57 bits per heavy atom. The molecule has 1 saturated heterocycles. The fraction of sp³-hybridized carbons (Fsp3) is 0.733. The van der Waals surface area contributed by atoms with Crippen LogP contribution in [0.1, 0.15) is 44.9 Å². The SMILES string of the molecule is COC(=O)CCCCCCC1=C(Cl)C(=O)CC12OCCO2. The maximum atomic E-state index is 11.8. The number of allylic oxidation sites excluding steroid dienone is 1. The summed E-state index contributed by atoms with van der Waals surface area (Å²) in [5, 5.41) is 0.284. The number of methoxy groups -OCH3 is 1. The van der Waals surface area contributed by atoms with Crippen molar-refractivity contribution in [1.29, 1.82) is 0 Å². The third-order valence-corrected chi connectivity index (χ3v) is 4.34. The first-order valence-corrected chi connectivity index (χ1v) is 7.74. The van der Waals surface area contributed by atoms with Gasteiger partial charge in [-0.2, -0.15) is 0 Å². The van der Waals surface area contributed by atoms with E-state index in [0.717, 1.165) is 31.3 Å². The van der Waals surface area contributed by atoms with Crippen LogP contribution in [0.15, 0.2) is 10.6 Å². The summed E-state index contributed by atoms with van der Waals surface area (Å²) >= 11 is 6.11. The van der Waals surface area contributed by atoms with Crippen LogP contribution in [0.4, 0.5) is 0 Å². The molecule has 1 spiro atoms. The van der Waals surface area contributed by atoms with Crippen molar-refractivity contribution < 1.29 is 23.8 Å². The third kappa shape index (κ3) is 3.84. The van der Waals surface area contributed by atoms with Crippen LogP contribution in [0.5, 0.6) is 0 Å². The molecule has 0 aromatic rings. The lowest BCUT2D eigenvalue weighted by atomic mass is 10.0. The van der Waals surface area contributed by atoms with Gasteiger partial charge in [0.1, 0.15) is 0 Å². The molecule has 0 amide bonds. The van der Waals surface area contributed by atoms with Crippen LogP contribution in [0, 0.1) is 0 Å². The van der Waals surface area contributed by atoms with Crippen LogP contribution in [0.2, 0.25) is 0 Å². The maximum absolute atomic E-state index is 11.8.